The molecule has 0 saturated carbocycles. The van der Waals surface area contributed by atoms with Gasteiger partial charge in [0.05, 0.1) is 12.8 Å². The number of hydrogen-bond acceptors (Lipinski definition) is 7. The Morgan fingerprint density at radius 2 is 2.04 bits per heavy atom. The summed E-state index contributed by atoms with van der Waals surface area (Å²) in [4.78, 5) is 19.9. The summed E-state index contributed by atoms with van der Waals surface area (Å²) >= 11 is 1.49. The lowest BCUT2D eigenvalue weighted by Crippen LogP contribution is -2.35. The maximum absolute atomic E-state index is 11.0. The Bertz CT molecular complexity index is 833. The maximum Gasteiger partial charge on any atom is 0.330 e. The molecule has 0 radical (unpaired) electrons. The molecular weight excluding hydrogens is 364 g/mol. The SMILES string of the molecule is COc1ccc(-c2nc(SCCC(C)C)nc(NNC(N)=O)c2C#N)cc1. The van der Waals surface area contributed by atoms with Crippen molar-refractivity contribution in [3.8, 4) is 23.1 Å². The van der Waals surface area contributed by atoms with Gasteiger partial charge in [0, 0.05) is 11.3 Å². The summed E-state index contributed by atoms with van der Waals surface area (Å²) in [6.45, 7) is 4.29. The van der Waals surface area contributed by atoms with Crippen molar-refractivity contribution in [2.75, 3.05) is 18.3 Å². The first-order valence-electron chi connectivity index (χ1n) is 8.35. The van der Waals surface area contributed by atoms with Crippen LogP contribution in [0.5, 0.6) is 5.75 Å². The Labute approximate surface area is 162 Å². The highest BCUT2D eigenvalue weighted by molar-refractivity contribution is 7.99. The number of hydrogen-bond donors (Lipinski definition) is 3. The number of hydrazine groups is 1. The summed E-state index contributed by atoms with van der Waals surface area (Å²) in [6.07, 6.45) is 1.01. The number of carbonyl (C=O) groups is 1. The summed E-state index contributed by atoms with van der Waals surface area (Å²) in [5.41, 5.74) is 11.4. The van der Waals surface area contributed by atoms with Crippen LogP contribution in [0, 0.1) is 17.2 Å². The second-order valence-corrected chi connectivity index (χ2v) is 7.13. The predicted octanol–water partition coefficient (Wildman–Crippen LogP) is 3.16. The van der Waals surface area contributed by atoms with Gasteiger partial charge in [-0.2, -0.15) is 5.26 Å². The number of nitrogens with one attached hydrogen (secondary N) is 2. The molecule has 0 spiro atoms. The van der Waals surface area contributed by atoms with Crippen molar-refractivity contribution < 1.29 is 9.53 Å². The van der Waals surface area contributed by atoms with Gasteiger partial charge < -0.3 is 10.5 Å². The van der Waals surface area contributed by atoms with Crippen LogP contribution in [0.3, 0.4) is 0 Å². The molecule has 0 unspecified atom stereocenters. The molecule has 8 nitrogen and oxygen atoms in total. The topological polar surface area (TPSA) is 126 Å². The first kappa shape index (κ1) is 20.3. The molecule has 0 aliphatic heterocycles. The van der Waals surface area contributed by atoms with Gasteiger partial charge in [-0.3, -0.25) is 10.9 Å². The third-order valence-corrected chi connectivity index (χ3v) is 4.47. The van der Waals surface area contributed by atoms with Crippen LogP contribution >= 0.6 is 11.8 Å². The van der Waals surface area contributed by atoms with E-state index in [1.54, 1.807) is 19.2 Å². The average molecular weight is 386 g/mol. The van der Waals surface area contributed by atoms with Gasteiger partial charge in [-0.15, -0.1) is 0 Å². The second kappa shape index (κ2) is 9.64. The molecule has 142 valence electrons. The number of nitrogens with two attached hydrogens (primary N) is 1. The lowest BCUT2D eigenvalue weighted by Gasteiger charge is -2.13. The average Bonchev–Trinajstić information content (AvgIpc) is 2.65. The first-order chi connectivity index (χ1) is 12.9. The van der Waals surface area contributed by atoms with Crippen molar-refractivity contribution in [1.29, 1.82) is 5.26 Å². The number of carbonyl (C=O) groups excluding carboxylic acids is 1. The quantitative estimate of drug-likeness (QED) is 0.361. The molecule has 0 aliphatic carbocycles. The van der Waals surface area contributed by atoms with Crippen molar-refractivity contribution >= 4 is 23.6 Å². The van der Waals surface area contributed by atoms with E-state index in [9.17, 15) is 10.1 Å². The van der Waals surface area contributed by atoms with Crippen molar-refractivity contribution in [3.63, 3.8) is 0 Å². The van der Waals surface area contributed by atoms with Crippen LogP contribution in [0.1, 0.15) is 25.8 Å². The van der Waals surface area contributed by atoms with Crippen LogP contribution in [-0.4, -0.2) is 28.9 Å². The second-order valence-electron chi connectivity index (χ2n) is 6.06. The number of rotatable bonds is 8. The molecule has 2 aromatic rings. The molecule has 4 N–H and O–H groups in total. The van der Waals surface area contributed by atoms with Crippen LogP contribution in [0.25, 0.3) is 11.3 Å². The smallest absolute Gasteiger partial charge is 0.330 e. The molecule has 9 heteroatoms. The summed E-state index contributed by atoms with van der Waals surface area (Å²) < 4.78 is 5.17. The minimum absolute atomic E-state index is 0.198. The highest BCUT2D eigenvalue weighted by atomic mass is 32.2. The Balaban J connectivity index is 2.44. The lowest BCUT2D eigenvalue weighted by molar-refractivity contribution is 0.250. The minimum Gasteiger partial charge on any atom is -0.497 e. The highest BCUT2D eigenvalue weighted by Crippen LogP contribution is 2.30. The van der Waals surface area contributed by atoms with Crippen molar-refractivity contribution in [3.05, 3.63) is 29.8 Å². The summed E-state index contributed by atoms with van der Waals surface area (Å²) in [5, 5.41) is 10.1. The fourth-order valence-corrected chi connectivity index (χ4v) is 3.25. The van der Waals surface area contributed by atoms with Gasteiger partial charge in [0.1, 0.15) is 17.4 Å². The predicted molar refractivity (Wildman–Crippen MR) is 105 cm³/mol. The van der Waals surface area contributed by atoms with Crippen molar-refractivity contribution in [2.24, 2.45) is 11.7 Å². The zero-order valence-electron chi connectivity index (χ0n) is 15.4. The molecular formula is C18H22N6O2S. The molecule has 27 heavy (non-hydrogen) atoms. The van der Waals surface area contributed by atoms with Gasteiger partial charge in [-0.1, -0.05) is 25.6 Å². The van der Waals surface area contributed by atoms with Gasteiger partial charge in [-0.05, 0) is 36.6 Å². The number of nitriles is 1. The standard InChI is InChI=1S/C18H22N6O2S/c1-11(2)8-9-27-18-21-15(12-4-6-13(26-3)7-5-12)14(10-19)16(22-18)23-24-17(20)25/h4-7,11H,8-9H2,1-3H3,(H3,20,24,25)(H,21,22,23). The van der Waals surface area contributed by atoms with E-state index in [2.05, 4.69) is 40.7 Å². The summed E-state index contributed by atoms with van der Waals surface area (Å²) in [6, 6.07) is 8.53. The molecule has 0 bridgehead atoms. The van der Waals surface area contributed by atoms with Gasteiger partial charge in [0.25, 0.3) is 0 Å². The number of thioether (sulfide) groups is 1. The Morgan fingerprint density at radius 1 is 1.33 bits per heavy atom. The molecule has 0 fully saturated rings. The van der Waals surface area contributed by atoms with E-state index in [1.807, 2.05) is 12.1 Å². The molecule has 0 aliphatic rings. The number of benzene rings is 1. The molecule has 1 aromatic carbocycles. The Morgan fingerprint density at radius 3 is 2.59 bits per heavy atom. The fraction of sp³-hybridized carbons (Fsp3) is 0.333. The number of methoxy groups -OCH3 is 1. The van der Waals surface area contributed by atoms with E-state index in [-0.39, 0.29) is 11.4 Å². The Hall–Kier alpha value is -2.99. The first-order valence-corrected chi connectivity index (χ1v) is 9.34. The lowest BCUT2D eigenvalue weighted by atomic mass is 10.1. The summed E-state index contributed by atoms with van der Waals surface area (Å²) in [5.74, 6) is 2.30. The molecule has 1 aromatic heterocycles. The van der Waals surface area contributed by atoms with Crippen LogP contribution in [-0.2, 0) is 0 Å². The van der Waals surface area contributed by atoms with Gasteiger partial charge in [0.2, 0.25) is 0 Å². The maximum atomic E-state index is 11.0. The zero-order valence-corrected chi connectivity index (χ0v) is 16.3. The van der Waals surface area contributed by atoms with E-state index < -0.39 is 6.03 Å². The normalized spacial score (nSPS) is 10.3. The molecule has 1 heterocycles. The van der Waals surface area contributed by atoms with Crippen LogP contribution in [0.4, 0.5) is 10.6 Å². The summed E-state index contributed by atoms with van der Waals surface area (Å²) in [7, 11) is 1.58. The fourth-order valence-electron chi connectivity index (χ4n) is 2.17. The minimum atomic E-state index is -0.780. The third kappa shape index (κ3) is 5.76. The number of amides is 2. The largest absolute Gasteiger partial charge is 0.497 e. The van der Waals surface area contributed by atoms with Crippen LogP contribution in [0.2, 0.25) is 0 Å². The van der Waals surface area contributed by atoms with Gasteiger partial charge in [-0.25, -0.2) is 14.8 Å². The van der Waals surface area contributed by atoms with Crippen LogP contribution in [0.15, 0.2) is 29.4 Å². The number of nitrogens with zero attached hydrogens (tertiary/aromatic N) is 3. The Kier molecular flexibility index (Phi) is 7.25. The number of anilines is 1. The number of primary amides is 1. The molecule has 2 amide bonds. The van der Waals surface area contributed by atoms with E-state index in [0.717, 1.165) is 17.7 Å². The van der Waals surface area contributed by atoms with Gasteiger partial charge in [0.15, 0.2) is 11.0 Å². The van der Waals surface area contributed by atoms with Crippen molar-refractivity contribution in [2.45, 2.75) is 25.4 Å². The van der Waals surface area contributed by atoms with Crippen molar-refractivity contribution in [1.82, 2.24) is 15.4 Å². The number of ether oxygens (including phenoxy) is 1. The number of urea groups is 1. The van der Waals surface area contributed by atoms with E-state index in [4.69, 9.17) is 10.5 Å². The van der Waals surface area contributed by atoms with E-state index in [1.165, 1.54) is 11.8 Å². The molecule has 0 atom stereocenters. The zero-order chi connectivity index (χ0) is 19.8. The van der Waals surface area contributed by atoms with Gasteiger partial charge >= 0.3 is 6.03 Å². The molecule has 2 rings (SSSR count). The monoisotopic (exact) mass is 386 g/mol. The highest BCUT2D eigenvalue weighted by Gasteiger charge is 2.17. The van der Waals surface area contributed by atoms with E-state index >= 15 is 0 Å². The van der Waals surface area contributed by atoms with E-state index in [0.29, 0.717) is 22.5 Å². The number of aromatic nitrogens is 2. The molecule has 0 saturated heterocycles. The van der Waals surface area contributed by atoms with Crippen LogP contribution < -0.4 is 21.3 Å². The third-order valence-electron chi connectivity index (χ3n) is 3.59.